The largest absolute Gasteiger partial charge is 0.481 e. The highest BCUT2D eigenvalue weighted by Gasteiger charge is 2.39. The number of aryl methyl sites for hydroxylation is 1. The smallest absolute Gasteiger partial charge is 0.310 e. The van der Waals surface area contributed by atoms with Gasteiger partial charge >= 0.3 is 17.9 Å². The van der Waals surface area contributed by atoms with Gasteiger partial charge in [0, 0.05) is 51.5 Å². The summed E-state index contributed by atoms with van der Waals surface area (Å²) in [6.45, 7) is 6.39. The third-order valence-corrected chi connectivity index (χ3v) is 8.66. The molecule has 0 spiro atoms. The van der Waals surface area contributed by atoms with Crippen molar-refractivity contribution in [3.8, 4) is 11.4 Å². The molecule has 2 heterocycles. The fourth-order valence-electron chi connectivity index (χ4n) is 6.02. The van der Waals surface area contributed by atoms with Crippen LogP contribution in [0.3, 0.4) is 0 Å². The van der Waals surface area contributed by atoms with Crippen molar-refractivity contribution in [1.82, 2.24) is 15.3 Å². The number of carbonyl (C=O) groups is 4. The van der Waals surface area contributed by atoms with Crippen molar-refractivity contribution in [3.63, 3.8) is 0 Å². The van der Waals surface area contributed by atoms with E-state index in [0.717, 1.165) is 55.0 Å². The lowest BCUT2D eigenvalue weighted by molar-refractivity contribution is -0.159. The van der Waals surface area contributed by atoms with Gasteiger partial charge in [0.2, 0.25) is 5.91 Å². The highest BCUT2D eigenvalue weighted by atomic mass is 16.5. The number of carbonyl (C=O) groups excluding carboxylic acids is 1. The quantitative estimate of drug-likeness (QED) is 0.0962. The van der Waals surface area contributed by atoms with Crippen LogP contribution in [0.15, 0.2) is 36.5 Å². The standard InChI is InChI=1S/C35H52N4O9/c1-22(21-47-4)30(26(34(43)44)13-11-15-29(48-5)31(35(45)46)24(3)33(41)42)32(40)38-18-9-7-6-8-17-36-25-16-19-37-28(20-25)27-14-10-12-23(2)39-27/h10,12,14,16,19-20,22,24,26,29-31H,6-9,11,13,15,17-18,21H2,1-5H3,(H,36,37)(H,38,40)(H,41,42)(H,43,44)(H,45,46). The molecule has 0 radical (unpaired) electrons. The van der Waals surface area contributed by atoms with Gasteiger partial charge in [0.25, 0.3) is 0 Å². The number of carboxylic acids is 3. The van der Waals surface area contributed by atoms with Crippen LogP contribution in [0, 0.1) is 36.5 Å². The third-order valence-electron chi connectivity index (χ3n) is 8.66. The Labute approximate surface area is 282 Å². The third kappa shape index (κ3) is 12.8. The van der Waals surface area contributed by atoms with Gasteiger partial charge in [0.1, 0.15) is 0 Å². The predicted molar refractivity (Wildman–Crippen MR) is 180 cm³/mol. The van der Waals surface area contributed by atoms with Crippen LogP contribution in [0.2, 0.25) is 0 Å². The summed E-state index contributed by atoms with van der Waals surface area (Å²) in [7, 11) is 2.79. The lowest BCUT2D eigenvalue weighted by Crippen LogP contribution is -2.43. The zero-order chi connectivity index (χ0) is 35.6. The number of methoxy groups -OCH3 is 2. The van der Waals surface area contributed by atoms with Gasteiger partial charge < -0.3 is 35.4 Å². The molecule has 1 amide bonds. The van der Waals surface area contributed by atoms with Crippen molar-refractivity contribution in [2.75, 3.05) is 39.2 Å². The first-order valence-corrected chi connectivity index (χ1v) is 16.5. The summed E-state index contributed by atoms with van der Waals surface area (Å²) in [6.07, 6.45) is 4.77. The Bertz CT molecular complexity index is 1320. The van der Waals surface area contributed by atoms with E-state index in [0.29, 0.717) is 6.54 Å². The van der Waals surface area contributed by atoms with E-state index >= 15 is 0 Å². The minimum absolute atomic E-state index is 0.0859. The highest BCUT2D eigenvalue weighted by Crippen LogP contribution is 2.30. The lowest BCUT2D eigenvalue weighted by Gasteiger charge is -2.29. The molecule has 2 aromatic heterocycles. The van der Waals surface area contributed by atoms with Crippen LogP contribution in [-0.4, -0.2) is 89.1 Å². The second-order valence-electron chi connectivity index (χ2n) is 12.3. The summed E-state index contributed by atoms with van der Waals surface area (Å²) < 4.78 is 10.6. The van der Waals surface area contributed by atoms with Crippen LogP contribution in [-0.2, 0) is 28.7 Å². The maximum absolute atomic E-state index is 13.3. The summed E-state index contributed by atoms with van der Waals surface area (Å²) >= 11 is 0. The first kappa shape index (κ1) is 40.1. The monoisotopic (exact) mass is 672 g/mol. The summed E-state index contributed by atoms with van der Waals surface area (Å²) in [6, 6.07) is 9.73. The molecule has 0 aromatic carbocycles. The second kappa shape index (κ2) is 21.0. The Morgan fingerprint density at radius 2 is 1.54 bits per heavy atom. The number of hydrogen-bond acceptors (Lipinski definition) is 9. The number of unbranched alkanes of at least 4 members (excludes halogenated alkanes) is 3. The molecule has 6 unspecified atom stereocenters. The first-order valence-electron chi connectivity index (χ1n) is 16.5. The molecule has 0 saturated heterocycles. The number of hydrogen-bond donors (Lipinski definition) is 5. The van der Waals surface area contributed by atoms with E-state index in [2.05, 4.69) is 20.6 Å². The molecule has 266 valence electrons. The predicted octanol–water partition coefficient (Wildman–Crippen LogP) is 4.75. The summed E-state index contributed by atoms with van der Waals surface area (Å²) in [4.78, 5) is 58.0. The Morgan fingerprint density at radius 1 is 0.833 bits per heavy atom. The van der Waals surface area contributed by atoms with Gasteiger partial charge in [-0.1, -0.05) is 32.8 Å². The molecule has 0 aliphatic carbocycles. The molecule has 6 atom stereocenters. The van der Waals surface area contributed by atoms with Gasteiger partial charge in [-0.2, -0.15) is 0 Å². The van der Waals surface area contributed by atoms with E-state index in [4.69, 9.17) is 9.47 Å². The van der Waals surface area contributed by atoms with E-state index in [9.17, 15) is 34.5 Å². The number of aromatic nitrogens is 2. The summed E-state index contributed by atoms with van der Waals surface area (Å²) in [5, 5.41) is 35.4. The Kier molecular flexibility index (Phi) is 17.5. The number of aliphatic carboxylic acids is 3. The molecular formula is C35H52N4O9. The fourth-order valence-corrected chi connectivity index (χ4v) is 6.02. The molecule has 0 aliphatic rings. The van der Waals surface area contributed by atoms with Gasteiger partial charge in [-0.25, -0.2) is 0 Å². The Balaban J connectivity index is 1.86. The van der Waals surface area contributed by atoms with Crippen LogP contribution in [0.5, 0.6) is 0 Å². The number of nitrogens with one attached hydrogen (secondary N) is 2. The number of carboxylic acid groups (broad SMARTS) is 3. The zero-order valence-corrected chi connectivity index (χ0v) is 28.7. The molecule has 13 heteroatoms. The van der Waals surface area contributed by atoms with Gasteiger partial charge in [-0.15, -0.1) is 0 Å². The maximum Gasteiger partial charge on any atom is 0.310 e. The first-order chi connectivity index (χ1) is 22.9. The van der Waals surface area contributed by atoms with Crippen molar-refractivity contribution in [2.45, 2.75) is 71.8 Å². The van der Waals surface area contributed by atoms with E-state index in [1.54, 1.807) is 13.1 Å². The number of rotatable bonds is 24. The number of amides is 1. The van der Waals surface area contributed by atoms with Crippen molar-refractivity contribution in [1.29, 1.82) is 0 Å². The minimum atomic E-state index is -1.30. The van der Waals surface area contributed by atoms with Gasteiger partial charge in [0.15, 0.2) is 0 Å². The number of anilines is 1. The number of ether oxygens (including phenoxy) is 2. The summed E-state index contributed by atoms with van der Waals surface area (Å²) in [5.41, 5.74) is 3.53. The normalized spacial score (nSPS) is 15.0. The molecule has 0 saturated carbocycles. The Hall–Kier alpha value is -4.10. The number of pyridine rings is 2. The van der Waals surface area contributed by atoms with Crippen LogP contribution in [0.1, 0.15) is 64.5 Å². The Morgan fingerprint density at radius 3 is 2.15 bits per heavy atom. The average Bonchev–Trinajstić information content (AvgIpc) is 3.04. The van der Waals surface area contributed by atoms with E-state index < -0.39 is 53.6 Å². The topological polar surface area (TPSA) is 197 Å². The molecule has 2 aromatic rings. The van der Waals surface area contributed by atoms with Crippen molar-refractivity contribution in [3.05, 3.63) is 42.2 Å². The molecule has 48 heavy (non-hydrogen) atoms. The van der Waals surface area contributed by atoms with E-state index in [1.807, 2.05) is 37.3 Å². The van der Waals surface area contributed by atoms with Crippen LogP contribution < -0.4 is 10.6 Å². The number of nitrogens with zero attached hydrogens (tertiary/aromatic N) is 2. The van der Waals surface area contributed by atoms with Crippen LogP contribution >= 0.6 is 0 Å². The molecule has 0 fully saturated rings. The van der Waals surface area contributed by atoms with Crippen LogP contribution in [0.4, 0.5) is 5.69 Å². The lowest BCUT2D eigenvalue weighted by atomic mass is 9.78. The van der Waals surface area contributed by atoms with Crippen molar-refractivity contribution < 1.29 is 44.0 Å². The van der Waals surface area contributed by atoms with Crippen LogP contribution in [0.25, 0.3) is 11.4 Å². The van der Waals surface area contributed by atoms with Crippen molar-refractivity contribution in [2.24, 2.45) is 29.6 Å². The SMILES string of the molecule is COCC(C)C(C(=O)NCCCCCCNc1ccnc(-c2cccc(C)n2)c1)C(CCCC(OC)C(C(=O)O)C(C)C(=O)O)C(=O)O. The van der Waals surface area contributed by atoms with E-state index in [-0.39, 0.29) is 31.8 Å². The maximum atomic E-state index is 13.3. The second-order valence-corrected chi connectivity index (χ2v) is 12.3. The molecule has 13 nitrogen and oxygen atoms in total. The molecule has 0 bridgehead atoms. The highest BCUT2D eigenvalue weighted by molar-refractivity contribution is 5.85. The fraction of sp³-hybridized carbons (Fsp3) is 0.600. The minimum Gasteiger partial charge on any atom is -0.481 e. The zero-order valence-electron chi connectivity index (χ0n) is 28.7. The van der Waals surface area contributed by atoms with Gasteiger partial charge in [-0.3, -0.25) is 29.1 Å². The molecule has 2 rings (SSSR count). The van der Waals surface area contributed by atoms with Gasteiger partial charge in [0.05, 0.1) is 41.2 Å². The molecule has 0 aliphatic heterocycles. The average molecular weight is 673 g/mol. The molecule has 5 N–H and O–H groups in total. The van der Waals surface area contributed by atoms with Gasteiger partial charge in [-0.05, 0) is 69.2 Å². The molecular weight excluding hydrogens is 620 g/mol. The summed E-state index contributed by atoms with van der Waals surface area (Å²) in [5.74, 6) is -8.87. The van der Waals surface area contributed by atoms with E-state index in [1.165, 1.54) is 21.1 Å². The van der Waals surface area contributed by atoms with Crippen molar-refractivity contribution >= 4 is 29.5 Å².